The van der Waals surface area contributed by atoms with E-state index in [1.165, 1.54) is 4.90 Å². The Bertz CT molecular complexity index is 1290. The highest BCUT2D eigenvalue weighted by molar-refractivity contribution is 6.02. The maximum atomic E-state index is 12.7. The van der Waals surface area contributed by atoms with Crippen molar-refractivity contribution in [2.45, 2.75) is 31.3 Å². The minimum Gasteiger partial charge on any atom is -0.480 e. The Morgan fingerprint density at radius 3 is 2.19 bits per heavy atom. The molecule has 2 aromatic carbocycles. The van der Waals surface area contributed by atoms with E-state index in [-0.39, 0.29) is 18.3 Å². The van der Waals surface area contributed by atoms with E-state index in [4.69, 9.17) is 25.8 Å². The normalized spacial score (nSPS) is 15.0. The molecule has 8 N–H and O–H groups in total. The van der Waals surface area contributed by atoms with Gasteiger partial charge in [-0.05, 0) is 36.2 Å². The van der Waals surface area contributed by atoms with Crippen LogP contribution >= 0.6 is 0 Å². The van der Waals surface area contributed by atoms with Gasteiger partial charge >= 0.3 is 30.2 Å². The Morgan fingerprint density at radius 2 is 1.67 bits per heavy atom. The number of nitrogens with two attached hydrogens (primary N) is 1. The molecule has 17 heteroatoms. The Kier molecular flexibility index (Phi) is 11.6. The van der Waals surface area contributed by atoms with Gasteiger partial charge in [-0.15, -0.1) is 0 Å². The summed E-state index contributed by atoms with van der Waals surface area (Å²) < 4.78 is 36.7. The lowest BCUT2D eigenvalue weighted by Crippen LogP contribution is -2.52. The van der Waals surface area contributed by atoms with E-state index in [0.717, 1.165) is 5.56 Å². The molecule has 1 fully saturated rings. The fraction of sp³-hybridized carbons (Fsp3) is 0.280. The van der Waals surface area contributed by atoms with Crippen molar-refractivity contribution >= 4 is 41.5 Å². The number of ether oxygens (including phenoxy) is 1. The van der Waals surface area contributed by atoms with Crippen molar-refractivity contribution in [2.75, 3.05) is 18.0 Å². The summed E-state index contributed by atoms with van der Waals surface area (Å²) in [5.41, 5.74) is 7.30. The van der Waals surface area contributed by atoms with Crippen molar-refractivity contribution < 1.29 is 52.1 Å². The molecule has 2 atom stereocenters. The van der Waals surface area contributed by atoms with Gasteiger partial charge in [0.05, 0.1) is 6.54 Å². The van der Waals surface area contributed by atoms with Crippen LogP contribution < -0.4 is 26.6 Å². The van der Waals surface area contributed by atoms with Crippen LogP contribution in [0.15, 0.2) is 54.6 Å². The average Bonchev–Trinajstić information content (AvgIpc) is 3.29. The molecule has 0 aromatic heterocycles. The first-order valence-electron chi connectivity index (χ1n) is 12.0. The maximum absolute atomic E-state index is 12.7. The van der Waals surface area contributed by atoms with E-state index < -0.39 is 48.9 Å². The second-order valence-electron chi connectivity index (χ2n) is 8.55. The second-order valence-corrected chi connectivity index (χ2v) is 8.55. The largest absolute Gasteiger partial charge is 0.490 e. The van der Waals surface area contributed by atoms with E-state index in [2.05, 4.69) is 16.0 Å². The lowest BCUT2D eigenvalue weighted by Gasteiger charge is -2.19. The number of alkyl halides is 3. The average molecular weight is 597 g/mol. The molecule has 1 aliphatic heterocycles. The standard InChI is InChI=1S/C23H26N6O6.C2HF3O2/c24-19(25)15-6-8-16(9-7-15)29-11-10-17(20(29)30)27-22(33)26-12-18(21(31)32)28-23(34)35-13-14-4-2-1-3-5-14;3-2(4,5)1(6)7/h1-9,17-18H,10-13H2,(H3,24,25)(H,28,34)(H,31,32)(H2,26,27,33);(H,6,7). The number of hydrogen-bond donors (Lipinski definition) is 7. The highest BCUT2D eigenvalue weighted by atomic mass is 19.4. The molecule has 14 nitrogen and oxygen atoms in total. The molecule has 1 saturated heterocycles. The topological polar surface area (TPSA) is 224 Å². The molecule has 0 bridgehead atoms. The lowest BCUT2D eigenvalue weighted by atomic mass is 10.2. The molecule has 0 radical (unpaired) electrons. The number of rotatable bonds is 9. The van der Waals surface area contributed by atoms with Crippen LogP contribution in [-0.4, -0.2) is 77.4 Å². The SMILES string of the molecule is N=C(N)c1ccc(N2CCC(NC(=O)NCC(NC(=O)OCc3ccccc3)C(=O)O)C2=O)cc1.O=C(O)C(F)(F)F. The molecule has 226 valence electrons. The molecule has 42 heavy (non-hydrogen) atoms. The Balaban J connectivity index is 0.000000782. The number of halogens is 3. The molecule has 2 aromatic rings. The summed E-state index contributed by atoms with van der Waals surface area (Å²) >= 11 is 0. The summed E-state index contributed by atoms with van der Waals surface area (Å²) in [6, 6.07) is 12.5. The number of nitrogens with zero attached hydrogens (tertiary/aromatic N) is 1. The van der Waals surface area contributed by atoms with Crippen molar-refractivity contribution in [1.29, 1.82) is 5.41 Å². The Hall–Kier alpha value is -5.35. The summed E-state index contributed by atoms with van der Waals surface area (Å²) in [7, 11) is 0. The molecule has 0 aliphatic carbocycles. The van der Waals surface area contributed by atoms with Crippen LogP contribution in [0, 0.1) is 5.41 Å². The molecule has 1 aliphatic rings. The number of carbonyl (C=O) groups excluding carboxylic acids is 3. The van der Waals surface area contributed by atoms with Gasteiger partial charge in [-0.25, -0.2) is 19.2 Å². The number of aliphatic carboxylic acids is 2. The first-order valence-corrected chi connectivity index (χ1v) is 12.0. The quantitative estimate of drug-likeness (QED) is 0.164. The minimum absolute atomic E-state index is 0.0370. The molecular formula is C25H27F3N6O8. The zero-order valence-electron chi connectivity index (χ0n) is 21.7. The molecule has 0 spiro atoms. The summed E-state index contributed by atoms with van der Waals surface area (Å²) in [4.78, 5) is 58.7. The third-order valence-electron chi connectivity index (χ3n) is 5.51. The highest BCUT2D eigenvalue weighted by Crippen LogP contribution is 2.22. The van der Waals surface area contributed by atoms with Crippen LogP contribution in [0.4, 0.5) is 28.4 Å². The van der Waals surface area contributed by atoms with Gasteiger partial charge in [0, 0.05) is 17.8 Å². The summed E-state index contributed by atoms with van der Waals surface area (Å²) in [6.45, 7) is -0.0841. The zero-order chi connectivity index (χ0) is 31.4. The molecular weight excluding hydrogens is 569 g/mol. The van der Waals surface area contributed by atoms with E-state index in [0.29, 0.717) is 24.2 Å². The lowest BCUT2D eigenvalue weighted by molar-refractivity contribution is -0.192. The van der Waals surface area contributed by atoms with Crippen molar-refractivity contribution in [1.82, 2.24) is 16.0 Å². The molecule has 4 amide bonds. The fourth-order valence-electron chi connectivity index (χ4n) is 3.40. The van der Waals surface area contributed by atoms with E-state index in [1.807, 2.05) is 6.07 Å². The number of nitrogen functional groups attached to an aromatic ring is 1. The van der Waals surface area contributed by atoms with Crippen LogP contribution in [0.1, 0.15) is 17.5 Å². The summed E-state index contributed by atoms with van der Waals surface area (Å²) in [5.74, 6) is -4.53. The Labute approximate surface area is 236 Å². The van der Waals surface area contributed by atoms with E-state index in [9.17, 15) is 37.5 Å². The third-order valence-corrected chi connectivity index (χ3v) is 5.51. The van der Waals surface area contributed by atoms with Crippen LogP contribution in [-0.2, 0) is 25.7 Å². The number of carbonyl (C=O) groups is 5. The smallest absolute Gasteiger partial charge is 0.480 e. The van der Waals surface area contributed by atoms with Crippen molar-refractivity contribution in [3.63, 3.8) is 0 Å². The highest BCUT2D eigenvalue weighted by Gasteiger charge is 2.38. The zero-order valence-corrected chi connectivity index (χ0v) is 21.7. The van der Waals surface area contributed by atoms with Gasteiger partial charge in [0.2, 0.25) is 5.91 Å². The molecule has 3 rings (SSSR count). The van der Waals surface area contributed by atoms with Gasteiger partial charge in [0.15, 0.2) is 0 Å². The second kappa shape index (κ2) is 14.9. The number of urea groups is 1. The van der Waals surface area contributed by atoms with E-state index in [1.54, 1.807) is 48.5 Å². The van der Waals surface area contributed by atoms with Gasteiger partial charge < -0.3 is 41.5 Å². The van der Waals surface area contributed by atoms with Crippen molar-refractivity contribution in [2.24, 2.45) is 5.73 Å². The van der Waals surface area contributed by atoms with Crippen LogP contribution in [0.25, 0.3) is 0 Å². The first kappa shape index (κ1) is 32.9. The molecule has 0 saturated carbocycles. The van der Waals surface area contributed by atoms with Gasteiger partial charge in [-0.1, -0.05) is 30.3 Å². The van der Waals surface area contributed by atoms with Gasteiger partial charge in [0.25, 0.3) is 0 Å². The van der Waals surface area contributed by atoms with Gasteiger partial charge in [-0.3, -0.25) is 10.2 Å². The number of anilines is 1. The van der Waals surface area contributed by atoms with Crippen molar-refractivity contribution in [3.05, 3.63) is 65.7 Å². The third kappa shape index (κ3) is 10.3. The van der Waals surface area contributed by atoms with Gasteiger partial charge in [-0.2, -0.15) is 13.2 Å². The number of amidine groups is 1. The number of hydrogen-bond acceptors (Lipinski definition) is 7. The number of benzene rings is 2. The predicted octanol–water partition coefficient (Wildman–Crippen LogP) is 1.39. The summed E-state index contributed by atoms with van der Waals surface area (Å²) in [6.07, 6.45) is -5.67. The molecule has 2 unspecified atom stereocenters. The number of nitrogens with one attached hydrogen (secondary N) is 4. The van der Waals surface area contributed by atoms with Gasteiger partial charge in [0.1, 0.15) is 24.5 Å². The van der Waals surface area contributed by atoms with Crippen molar-refractivity contribution in [3.8, 4) is 0 Å². The number of amides is 4. The van der Waals surface area contributed by atoms with Crippen LogP contribution in [0.3, 0.4) is 0 Å². The Morgan fingerprint density at radius 1 is 1.07 bits per heavy atom. The minimum atomic E-state index is -5.08. The number of carboxylic acids is 2. The summed E-state index contributed by atoms with van der Waals surface area (Å²) in [5, 5.41) is 31.0. The number of carboxylic acid groups (broad SMARTS) is 2. The molecule has 1 heterocycles. The van der Waals surface area contributed by atoms with E-state index >= 15 is 0 Å². The number of alkyl carbamates (subject to hydrolysis) is 1. The van der Waals surface area contributed by atoms with Crippen LogP contribution in [0.5, 0.6) is 0 Å². The van der Waals surface area contributed by atoms with Crippen LogP contribution in [0.2, 0.25) is 0 Å². The maximum Gasteiger partial charge on any atom is 0.490 e. The first-order chi connectivity index (χ1) is 19.7. The fourth-order valence-corrected chi connectivity index (χ4v) is 3.40. The monoisotopic (exact) mass is 596 g/mol. The predicted molar refractivity (Wildman–Crippen MR) is 140 cm³/mol.